The minimum atomic E-state index is 0.464. The zero-order chi connectivity index (χ0) is 13.2. The van der Waals surface area contributed by atoms with Crippen LogP contribution in [0.1, 0.15) is 36.8 Å². The Bertz CT molecular complexity index is 450. The predicted molar refractivity (Wildman–Crippen MR) is 81.8 cm³/mol. The van der Waals surface area contributed by atoms with Gasteiger partial charge in [0, 0.05) is 0 Å². The molecule has 1 aromatic rings. The van der Waals surface area contributed by atoms with Gasteiger partial charge in [-0.2, -0.15) is 0 Å². The largest absolute Gasteiger partial charge is 0.489 e. The first-order valence-corrected chi connectivity index (χ1v) is 8.18. The van der Waals surface area contributed by atoms with E-state index < -0.39 is 0 Å². The Morgan fingerprint density at radius 1 is 1.21 bits per heavy atom. The highest BCUT2D eigenvalue weighted by Crippen LogP contribution is 2.37. The SMILES string of the molecule is Cc1cc(Br)c(OC2CC2)c(CC2CCNCC2)c1. The number of ether oxygens (including phenoxy) is 1. The van der Waals surface area contributed by atoms with Crippen LogP contribution in [0.15, 0.2) is 16.6 Å². The lowest BCUT2D eigenvalue weighted by molar-refractivity contribution is 0.293. The summed E-state index contributed by atoms with van der Waals surface area (Å²) in [6.07, 6.45) is 6.62. The molecule has 1 saturated carbocycles. The molecule has 0 aromatic heterocycles. The number of rotatable bonds is 4. The zero-order valence-corrected chi connectivity index (χ0v) is 13.1. The van der Waals surface area contributed by atoms with E-state index in [2.05, 4.69) is 40.3 Å². The zero-order valence-electron chi connectivity index (χ0n) is 11.5. The van der Waals surface area contributed by atoms with Crippen LogP contribution in [-0.4, -0.2) is 19.2 Å². The van der Waals surface area contributed by atoms with Gasteiger partial charge in [-0.3, -0.25) is 0 Å². The Morgan fingerprint density at radius 2 is 1.95 bits per heavy atom. The van der Waals surface area contributed by atoms with Crippen molar-refractivity contribution in [3.63, 3.8) is 0 Å². The van der Waals surface area contributed by atoms with Gasteiger partial charge < -0.3 is 10.1 Å². The van der Waals surface area contributed by atoms with Crippen LogP contribution in [0.3, 0.4) is 0 Å². The van der Waals surface area contributed by atoms with E-state index >= 15 is 0 Å². The highest BCUT2D eigenvalue weighted by Gasteiger charge is 2.26. The molecule has 0 radical (unpaired) electrons. The summed E-state index contributed by atoms with van der Waals surface area (Å²) in [7, 11) is 0. The molecule has 0 atom stereocenters. The van der Waals surface area contributed by atoms with E-state index in [0.29, 0.717) is 6.10 Å². The molecule has 0 amide bonds. The smallest absolute Gasteiger partial charge is 0.137 e. The maximum absolute atomic E-state index is 6.12. The van der Waals surface area contributed by atoms with E-state index in [-0.39, 0.29) is 0 Å². The standard InChI is InChI=1S/C16H22BrNO/c1-11-8-13(10-12-4-6-18-7-5-12)16(15(17)9-11)19-14-2-3-14/h8-9,12,14,18H,2-7,10H2,1H3. The van der Waals surface area contributed by atoms with Crippen molar-refractivity contribution in [2.45, 2.75) is 45.1 Å². The Morgan fingerprint density at radius 3 is 2.63 bits per heavy atom. The molecule has 2 aliphatic rings. The molecule has 1 heterocycles. The van der Waals surface area contributed by atoms with E-state index in [4.69, 9.17) is 4.74 Å². The molecule has 1 aliphatic heterocycles. The van der Waals surface area contributed by atoms with Crippen LogP contribution in [0.25, 0.3) is 0 Å². The monoisotopic (exact) mass is 323 g/mol. The number of halogens is 1. The molecule has 2 nitrogen and oxygen atoms in total. The van der Waals surface area contributed by atoms with E-state index in [1.54, 1.807) is 0 Å². The average Bonchev–Trinajstić information content (AvgIpc) is 3.19. The molecule has 104 valence electrons. The summed E-state index contributed by atoms with van der Waals surface area (Å²) in [5, 5.41) is 3.44. The molecular formula is C16H22BrNO. The van der Waals surface area contributed by atoms with Gasteiger partial charge in [-0.15, -0.1) is 0 Å². The van der Waals surface area contributed by atoms with Crippen LogP contribution in [0.5, 0.6) is 5.75 Å². The van der Waals surface area contributed by atoms with Gasteiger partial charge in [-0.05, 0) is 91.2 Å². The van der Waals surface area contributed by atoms with Crippen LogP contribution in [0.2, 0.25) is 0 Å². The fourth-order valence-corrected chi connectivity index (χ4v) is 3.54. The molecule has 19 heavy (non-hydrogen) atoms. The summed E-state index contributed by atoms with van der Waals surface area (Å²) in [4.78, 5) is 0. The minimum absolute atomic E-state index is 0.464. The number of piperidine rings is 1. The molecule has 1 N–H and O–H groups in total. The van der Waals surface area contributed by atoms with E-state index in [9.17, 15) is 0 Å². The number of aryl methyl sites for hydroxylation is 1. The molecule has 0 unspecified atom stereocenters. The van der Waals surface area contributed by atoms with Gasteiger partial charge in [0.2, 0.25) is 0 Å². The molecule has 1 aromatic carbocycles. The van der Waals surface area contributed by atoms with Gasteiger partial charge in [0.1, 0.15) is 5.75 Å². The van der Waals surface area contributed by atoms with Crippen LogP contribution in [-0.2, 0) is 6.42 Å². The maximum atomic E-state index is 6.12. The van der Waals surface area contributed by atoms with Gasteiger partial charge >= 0.3 is 0 Å². The van der Waals surface area contributed by atoms with Crippen molar-refractivity contribution < 1.29 is 4.74 Å². The van der Waals surface area contributed by atoms with E-state index in [0.717, 1.165) is 35.7 Å². The van der Waals surface area contributed by atoms with Crippen LogP contribution in [0.4, 0.5) is 0 Å². The third-order valence-corrected chi connectivity index (χ3v) is 4.63. The quantitative estimate of drug-likeness (QED) is 0.908. The third kappa shape index (κ3) is 3.51. The van der Waals surface area contributed by atoms with Gasteiger partial charge in [0.15, 0.2) is 0 Å². The normalized spacial score (nSPS) is 20.5. The molecule has 3 heteroatoms. The third-order valence-electron chi connectivity index (χ3n) is 4.04. The topological polar surface area (TPSA) is 21.3 Å². The molecular weight excluding hydrogens is 302 g/mol. The van der Waals surface area contributed by atoms with Crippen LogP contribution in [0, 0.1) is 12.8 Å². The second-order valence-electron chi connectivity index (χ2n) is 5.95. The number of benzene rings is 1. The summed E-state index contributed by atoms with van der Waals surface area (Å²) in [5.74, 6) is 1.91. The fraction of sp³-hybridized carbons (Fsp3) is 0.625. The first-order valence-electron chi connectivity index (χ1n) is 7.39. The van der Waals surface area contributed by atoms with Gasteiger partial charge in [-0.25, -0.2) is 0 Å². The molecule has 2 fully saturated rings. The highest BCUT2D eigenvalue weighted by atomic mass is 79.9. The lowest BCUT2D eigenvalue weighted by Crippen LogP contribution is -2.28. The van der Waals surface area contributed by atoms with Crippen molar-refractivity contribution >= 4 is 15.9 Å². The Hall–Kier alpha value is -0.540. The second-order valence-corrected chi connectivity index (χ2v) is 6.80. The first-order chi connectivity index (χ1) is 9.22. The van der Waals surface area contributed by atoms with E-state index in [1.807, 2.05) is 0 Å². The lowest BCUT2D eigenvalue weighted by atomic mass is 9.90. The molecule has 0 spiro atoms. The minimum Gasteiger partial charge on any atom is -0.489 e. The summed E-state index contributed by atoms with van der Waals surface area (Å²) in [6.45, 7) is 4.49. The van der Waals surface area contributed by atoms with Crippen molar-refractivity contribution in [3.8, 4) is 5.75 Å². The van der Waals surface area contributed by atoms with Crippen molar-refractivity contribution in [2.24, 2.45) is 5.92 Å². The molecule has 0 bridgehead atoms. The van der Waals surface area contributed by atoms with Gasteiger partial charge in [0.05, 0.1) is 10.6 Å². The summed E-state index contributed by atoms with van der Waals surface area (Å²) < 4.78 is 7.25. The van der Waals surface area contributed by atoms with Gasteiger partial charge in [0.25, 0.3) is 0 Å². The Balaban J connectivity index is 1.80. The molecule has 3 rings (SSSR count). The van der Waals surface area contributed by atoms with Crippen molar-refractivity contribution in [2.75, 3.05) is 13.1 Å². The summed E-state index contributed by atoms with van der Waals surface area (Å²) in [6, 6.07) is 4.48. The van der Waals surface area contributed by atoms with Gasteiger partial charge in [-0.1, -0.05) is 6.07 Å². The van der Waals surface area contributed by atoms with Crippen molar-refractivity contribution in [1.82, 2.24) is 5.32 Å². The Kier molecular flexibility index (Phi) is 4.13. The number of nitrogens with one attached hydrogen (secondary N) is 1. The average molecular weight is 324 g/mol. The summed E-state index contributed by atoms with van der Waals surface area (Å²) in [5.41, 5.74) is 2.71. The highest BCUT2D eigenvalue weighted by molar-refractivity contribution is 9.10. The number of hydrogen-bond acceptors (Lipinski definition) is 2. The second kappa shape index (κ2) is 5.84. The number of hydrogen-bond donors (Lipinski definition) is 1. The summed E-state index contributed by atoms with van der Waals surface area (Å²) >= 11 is 3.68. The predicted octanol–water partition coefficient (Wildman–Crippen LogP) is 3.84. The van der Waals surface area contributed by atoms with Crippen molar-refractivity contribution in [3.05, 3.63) is 27.7 Å². The first kappa shape index (κ1) is 13.4. The maximum Gasteiger partial charge on any atom is 0.137 e. The van der Waals surface area contributed by atoms with Crippen LogP contribution >= 0.6 is 15.9 Å². The van der Waals surface area contributed by atoms with Crippen molar-refractivity contribution in [1.29, 1.82) is 0 Å². The Labute approximate surface area is 124 Å². The fourth-order valence-electron chi connectivity index (χ4n) is 2.83. The lowest BCUT2D eigenvalue weighted by Gasteiger charge is -2.24. The molecule has 1 aliphatic carbocycles. The van der Waals surface area contributed by atoms with Crippen LogP contribution < -0.4 is 10.1 Å². The van der Waals surface area contributed by atoms with E-state index in [1.165, 1.54) is 36.8 Å². The molecule has 1 saturated heterocycles.